The minimum Gasteiger partial charge on any atom is -0.494 e. The van der Waals surface area contributed by atoms with E-state index >= 15 is 0 Å². The lowest BCUT2D eigenvalue weighted by atomic mass is 10.3. The first-order valence-electron chi connectivity index (χ1n) is 5.65. The number of halogens is 3. The zero-order valence-electron chi connectivity index (χ0n) is 10.7. The van der Waals surface area contributed by atoms with E-state index < -0.39 is 15.8 Å². The summed E-state index contributed by atoms with van der Waals surface area (Å²) in [4.78, 5) is -0.156. The molecular formula is C13H10Cl2FNO3S. The minimum absolute atomic E-state index is 0.0804. The van der Waals surface area contributed by atoms with E-state index in [9.17, 15) is 12.8 Å². The topological polar surface area (TPSA) is 55.4 Å². The maximum absolute atomic E-state index is 13.3. The molecule has 4 nitrogen and oxygen atoms in total. The average Bonchev–Trinajstić information content (AvgIpc) is 2.44. The molecule has 8 heteroatoms. The largest absolute Gasteiger partial charge is 0.494 e. The van der Waals surface area contributed by atoms with Crippen LogP contribution < -0.4 is 9.46 Å². The van der Waals surface area contributed by atoms with Crippen molar-refractivity contribution in [3.63, 3.8) is 0 Å². The van der Waals surface area contributed by atoms with Crippen LogP contribution in [0, 0.1) is 5.82 Å². The molecule has 0 heterocycles. The summed E-state index contributed by atoms with van der Waals surface area (Å²) in [5.41, 5.74) is 0.132. The molecule has 0 spiro atoms. The van der Waals surface area contributed by atoms with Gasteiger partial charge in [-0.25, -0.2) is 12.8 Å². The van der Waals surface area contributed by atoms with Crippen molar-refractivity contribution in [3.8, 4) is 5.75 Å². The van der Waals surface area contributed by atoms with E-state index in [0.29, 0.717) is 0 Å². The summed E-state index contributed by atoms with van der Waals surface area (Å²) < 4.78 is 44.9. The normalized spacial score (nSPS) is 11.2. The molecule has 0 atom stereocenters. The summed E-state index contributed by atoms with van der Waals surface area (Å²) in [6.07, 6.45) is 0. The maximum Gasteiger partial charge on any atom is 0.262 e. The zero-order chi connectivity index (χ0) is 15.6. The van der Waals surface area contributed by atoms with Crippen molar-refractivity contribution in [1.29, 1.82) is 0 Å². The molecule has 0 fully saturated rings. The van der Waals surface area contributed by atoms with Gasteiger partial charge in [-0.2, -0.15) is 0 Å². The third kappa shape index (κ3) is 3.40. The van der Waals surface area contributed by atoms with Gasteiger partial charge in [0.05, 0.1) is 27.7 Å². The molecule has 2 aromatic rings. The van der Waals surface area contributed by atoms with E-state index in [1.165, 1.54) is 19.2 Å². The molecule has 0 saturated carbocycles. The number of anilines is 1. The van der Waals surface area contributed by atoms with Gasteiger partial charge >= 0.3 is 0 Å². The first-order valence-corrected chi connectivity index (χ1v) is 7.89. The first-order chi connectivity index (χ1) is 9.85. The van der Waals surface area contributed by atoms with Gasteiger partial charge in [-0.15, -0.1) is 0 Å². The van der Waals surface area contributed by atoms with Crippen molar-refractivity contribution >= 4 is 38.9 Å². The van der Waals surface area contributed by atoms with E-state index in [1.54, 1.807) is 6.07 Å². The van der Waals surface area contributed by atoms with Crippen LogP contribution in [0.4, 0.5) is 10.1 Å². The fraction of sp³-hybridized carbons (Fsp3) is 0.0769. The first kappa shape index (κ1) is 15.9. The fourth-order valence-electron chi connectivity index (χ4n) is 1.59. The van der Waals surface area contributed by atoms with Gasteiger partial charge in [0.1, 0.15) is 0 Å². The Kier molecular flexibility index (Phi) is 4.61. The second-order valence-electron chi connectivity index (χ2n) is 4.00. The van der Waals surface area contributed by atoms with Gasteiger partial charge < -0.3 is 4.74 Å². The molecule has 0 aliphatic carbocycles. The Balaban J connectivity index is 2.41. The number of hydrogen-bond acceptors (Lipinski definition) is 3. The summed E-state index contributed by atoms with van der Waals surface area (Å²) >= 11 is 11.7. The van der Waals surface area contributed by atoms with Crippen molar-refractivity contribution in [2.45, 2.75) is 4.90 Å². The monoisotopic (exact) mass is 349 g/mol. The number of rotatable bonds is 4. The van der Waals surface area contributed by atoms with Crippen molar-refractivity contribution in [1.82, 2.24) is 0 Å². The molecular weight excluding hydrogens is 340 g/mol. The van der Waals surface area contributed by atoms with E-state index in [2.05, 4.69) is 4.72 Å². The molecule has 0 bridgehead atoms. The summed E-state index contributed by atoms with van der Waals surface area (Å²) in [7, 11) is -2.70. The van der Waals surface area contributed by atoms with Gasteiger partial charge in [0.2, 0.25) is 0 Å². The van der Waals surface area contributed by atoms with Gasteiger partial charge in [-0.1, -0.05) is 29.3 Å². The fourth-order valence-corrected chi connectivity index (χ4v) is 3.08. The van der Waals surface area contributed by atoms with Gasteiger partial charge in [-0.3, -0.25) is 4.72 Å². The summed E-state index contributed by atoms with van der Waals surface area (Å²) in [5.74, 6) is -0.827. The number of sulfonamides is 1. The third-order valence-corrected chi connectivity index (χ3v) is 4.81. The van der Waals surface area contributed by atoms with Crippen molar-refractivity contribution in [2.24, 2.45) is 0 Å². The maximum atomic E-state index is 13.3. The highest BCUT2D eigenvalue weighted by atomic mass is 35.5. The average molecular weight is 350 g/mol. The van der Waals surface area contributed by atoms with Gasteiger partial charge in [-0.05, 0) is 24.3 Å². The van der Waals surface area contributed by atoms with Crippen molar-refractivity contribution in [2.75, 3.05) is 11.8 Å². The molecule has 0 unspecified atom stereocenters. The number of nitrogens with one attached hydrogen (secondary N) is 1. The molecule has 0 radical (unpaired) electrons. The lowest BCUT2D eigenvalue weighted by molar-refractivity contribution is 0.385. The van der Waals surface area contributed by atoms with Crippen LogP contribution in [-0.4, -0.2) is 15.5 Å². The van der Waals surface area contributed by atoms with Crippen LogP contribution in [0.25, 0.3) is 0 Å². The Hall–Kier alpha value is -1.50. The third-order valence-electron chi connectivity index (χ3n) is 2.63. The van der Waals surface area contributed by atoms with E-state index in [4.69, 9.17) is 27.9 Å². The highest BCUT2D eigenvalue weighted by Gasteiger charge is 2.18. The van der Waals surface area contributed by atoms with Crippen molar-refractivity contribution < 1.29 is 17.5 Å². The van der Waals surface area contributed by atoms with Crippen LogP contribution in [0.3, 0.4) is 0 Å². The lowest BCUT2D eigenvalue weighted by Crippen LogP contribution is -2.13. The quantitative estimate of drug-likeness (QED) is 0.909. The Morgan fingerprint density at radius 3 is 2.57 bits per heavy atom. The van der Waals surface area contributed by atoms with Gasteiger partial charge in [0, 0.05) is 6.07 Å². The van der Waals surface area contributed by atoms with E-state index in [0.717, 1.165) is 18.2 Å². The number of ether oxygens (including phenoxy) is 1. The predicted octanol–water partition coefficient (Wildman–Crippen LogP) is 3.94. The van der Waals surface area contributed by atoms with Gasteiger partial charge in [0.15, 0.2) is 11.6 Å². The Morgan fingerprint density at radius 2 is 1.90 bits per heavy atom. The molecule has 2 rings (SSSR count). The molecule has 2 aromatic carbocycles. The summed E-state index contributed by atoms with van der Waals surface area (Å²) in [5, 5.41) is 0.297. The second kappa shape index (κ2) is 6.09. The van der Waals surface area contributed by atoms with Crippen LogP contribution >= 0.6 is 23.2 Å². The number of hydrogen-bond donors (Lipinski definition) is 1. The molecule has 0 aliphatic heterocycles. The highest BCUT2D eigenvalue weighted by molar-refractivity contribution is 7.92. The lowest BCUT2D eigenvalue weighted by Gasteiger charge is -2.11. The van der Waals surface area contributed by atoms with Crippen LogP contribution in [0.15, 0.2) is 41.3 Å². The molecule has 0 aliphatic rings. The van der Waals surface area contributed by atoms with E-state index in [1.807, 2.05) is 0 Å². The molecule has 0 amide bonds. The second-order valence-corrected chi connectivity index (χ2v) is 6.47. The summed E-state index contributed by atoms with van der Waals surface area (Å²) in [6, 6.07) is 7.76. The van der Waals surface area contributed by atoms with Crippen LogP contribution in [0.1, 0.15) is 0 Å². The van der Waals surface area contributed by atoms with E-state index in [-0.39, 0.29) is 26.4 Å². The molecule has 112 valence electrons. The van der Waals surface area contributed by atoms with Crippen LogP contribution in [0.2, 0.25) is 10.0 Å². The number of methoxy groups -OCH3 is 1. The smallest absolute Gasteiger partial charge is 0.262 e. The molecule has 0 saturated heterocycles. The summed E-state index contributed by atoms with van der Waals surface area (Å²) in [6.45, 7) is 0. The SMILES string of the molecule is COc1cc(S(=O)(=O)Nc2cccc(Cl)c2Cl)ccc1F. The Bertz CT molecular complexity index is 781. The standard InChI is InChI=1S/C13H10Cl2FNO3S/c1-20-12-7-8(5-6-10(12)16)21(18,19)17-11-4-2-3-9(14)13(11)15/h2-7,17H,1H3. The predicted molar refractivity (Wildman–Crippen MR) is 80.2 cm³/mol. The van der Waals surface area contributed by atoms with Gasteiger partial charge in [0.25, 0.3) is 10.0 Å². The molecule has 0 aromatic heterocycles. The number of benzene rings is 2. The Labute approximate surface area is 131 Å². The van der Waals surface area contributed by atoms with Crippen molar-refractivity contribution in [3.05, 3.63) is 52.3 Å². The van der Waals surface area contributed by atoms with Crippen LogP contribution in [0.5, 0.6) is 5.75 Å². The minimum atomic E-state index is -3.94. The Morgan fingerprint density at radius 1 is 1.19 bits per heavy atom. The molecule has 21 heavy (non-hydrogen) atoms. The zero-order valence-corrected chi connectivity index (χ0v) is 13.1. The molecule has 1 N–H and O–H groups in total. The highest BCUT2D eigenvalue weighted by Crippen LogP contribution is 2.31. The van der Waals surface area contributed by atoms with Crippen LogP contribution in [-0.2, 0) is 10.0 Å².